The van der Waals surface area contributed by atoms with Crippen molar-refractivity contribution in [1.82, 2.24) is 10.3 Å². The minimum absolute atomic E-state index is 0.146. The van der Waals surface area contributed by atoms with Gasteiger partial charge in [0.1, 0.15) is 18.1 Å². The number of hydrogen-bond acceptors (Lipinski definition) is 7. The van der Waals surface area contributed by atoms with Crippen molar-refractivity contribution in [2.75, 3.05) is 13.2 Å². The molecule has 0 fully saturated rings. The Balaban J connectivity index is 1.46. The van der Waals surface area contributed by atoms with Crippen molar-refractivity contribution in [3.05, 3.63) is 23.7 Å². The van der Waals surface area contributed by atoms with Crippen LogP contribution in [0.4, 0.5) is 0 Å². The molecule has 2 heterocycles. The molecule has 0 saturated heterocycles. The maximum absolute atomic E-state index is 9.46. The summed E-state index contributed by atoms with van der Waals surface area (Å²) in [5.74, 6) is 2.21. The topological polar surface area (TPSA) is 90.8 Å². The predicted molar refractivity (Wildman–Crippen MR) is 124 cm³/mol. The van der Waals surface area contributed by atoms with Crippen molar-refractivity contribution < 1.29 is 23.6 Å². The summed E-state index contributed by atoms with van der Waals surface area (Å²) in [4.78, 5) is 0. The molecule has 0 aromatic carbocycles. The molecular weight excluding hydrogens is 408 g/mol. The third-order valence-corrected chi connectivity index (χ3v) is 5.58. The second-order valence-electron chi connectivity index (χ2n) is 8.63. The zero-order valence-corrected chi connectivity index (χ0v) is 20.0. The van der Waals surface area contributed by atoms with E-state index in [9.17, 15) is 5.11 Å². The third-order valence-electron chi connectivity index (χ3n) is 5.58. The van der Waals surface area contributed by atoms with Crippen molar-refractivity contribution in [3.8, 4) is 11.8 Å². The van der Waals surface area contributed by atoms with Gasteiger partial charge in [0.05, 0.1) is 6.61 Å². The molecular formula is C25H42N2O5. The minimum atomic E-state index is -0.555. The third kappa shape index (κ3) is 11.6. The fraction of sp³-hybridized carbons (Fsp3) is 0.760. The Labute approximate surface area is 192 Å². The van der Waals surface area contributed by atoms with Crippen LogP contribution in [-0.2, 0) is 6.42 Å². The highest BCUT2D eigenvalue weighted by Crippen LogP contribution is 2.17. The number of ether oxygens (including phenoxy) is 2. The Kier molecular flexibility index (Phi) is 13.6. The quantitative estimate of drug-likeness (QED) is 0.233. The van der Waals surface area contributed by atoms with Gasteiger partial charge >= 0.3 is 0 Å². The summed E-state index contributed by atoms with van der Waals surface area (Å²) in [5, 5.41) is 17.2. The second kappa shape index (κ2) is 16.6. The van der Waals surface area contributed by atoms with Gasteiger partial charge in [0, 0.05) is 18.6 Å². The van der Waals surface area contributed by atoms with Gasteiger partial charge in [0.15, 0.2) is 6.10 Å². The van der Waals surface area contributed by atoms with Crippen molar-refractivity contribution in [1.29, 1.82) is 0 Å². The van der Waals surface area contributed by atoms with Gasteiger partial charge in [-0.2, -0.15) is 0 Å². The normalized spacial score (nSPS) is 12.2. The molecule has 1 N–H and O–H groups in total. The zero-order chi connectivity index (χ0) is 22.9. The molecule has 7 heteroatoms. The fourth-order valence-corrected chi connectivity index (χ4v) is 3.67. The van der Waals surface area contributed by atoms with Crippen molar-refractivity contribution in [2.45, 2.75) is 110 Å². The number of aliphatic hydroxyl groups excluding tert-OH is 1. The average molecular weight is 451 g/mol. The van der Waals surface area contributed by atoms with Gasteiger partial charge in [-0.15, -0.1) is 0 Å². The van der Waals surface area contributed by atoms with Gasteiger partial charge in [-0.05, 0) is 23.7 Å². The summed E-state index contributed by atoms with van der Waals surface area (Å²) in [6.45, 7) is 3.99. The van der Waals surface area contributed by atoms with E-state index in [1.807, 2.05) is 6.07 Å². The molecule has 0 aliphatic heterocycles. The SMILES string of the molecule is CCCCCCCCCCCCCCCc1cc(OC[C@H](CO)Oc2cc(C)on2)no1. The molecule has 0 unspecified atom stereocenters. The van der Waals surface area contributed by atoms with E-state index in [1.165, 1.54) is 77.0 Å². The lowest BCUT2D eigenvalue weighted by Crippen LogP contribution is -2.28. The second-order valence-corrected chi connectivity index (χ2v) is 8.63. The lowest BCUT2D eigenvalue weighted by molar-refractivity contribution is 0.0627. The van der Waals surface area contributed by atoms with Crippen LogP contribution in [0.3, 0.4) is 0 Å². The Hall–Kier alpha value is -2.02. The van der Waals surface area contributed by atoms with E-state index >= 15 is 0 Å². The lowest BCUT2D eigenvalue weighted by atomic mass is 10.0. The van der Waals surface area contributed by atoms with Crippen LogP contribution in [0.25, 0.3) is 0 Å². The highest BCUT2D eigenvalue weighted by Gasteiger charge is 2.14. The number of unbranched alkanes of at least 4 members (excludes halogenated alkanes) is 12. The fourth-order valence-electron chi connectivity index (χ4n) is 3.67. The standard InChI is InChI=1S/C25H42N2O5/c1-3-4-5-6-7-8-9-10-11-12-13-14-15-16-22-18-24(26-32-22)29-20-23(19-28)30-25-17-21(2)31-27-25/h17-18,23,28H,3-16,19-20H2,1-2H3/t23-/m0/s1. The van der Waals surface area contributed by atoms with Crippen LogP contribution in [-0.4, -0.2) is 34.7 Å². The van der Waals surface area contributed by atoms with Gasteiger partial charge in [-0.3, -0.25) is 0 Å². The maximum Gasteiger partial charge on any atom is 0.254 e. The first-order chi connectivity index (χ1) is 15.7. The molecule has 0 aliphatic rings. The van der Waals surface area contributed by atoms with Crippen LogP contribution in [0.2, 0.25) is 0 Å². The Morgan fingerprint density at radius 2 is 1.41 bits per heavy atom. The first-order valence-corrected chi connectivity index (χ1v) is 12.5. The van der Waals surface area contributed by atoms with Crippen molar-refractivity contribution in [3.63, 3.8) is 0 Å². The van der Waals surface area contributed by atoms with Gasteiger partial charge in [-0.1, -0.05) is 84.0 Å². The number of nitrogens with zero attached hydrogens (tertiary/aromatic N) is 2. The van der Waals surface area contributed by atoms with Crippen LogP contribution in [0.15, 0.2) is 21.2 Å². The van der Waals surface area contributed by atoms with Crippen molar-refractivity contribution in [2.24, 2.45) is 0 Å². The molecule has 0 radical (unpaired) electrons. The Bertz CT molecular complexity index is 700. The maximum atomic E-state index is 9.46. The molecule has 182 valence electrons. The summed E-state index contributed by atoms with van der Waals surface area (Å²) in [5.41, 5.74) is 0. The molecule has 0 bridgehead atoms. The summed E-state index contributed by atoms with van der Waals surface area (Å²) in [6, 6.07) is 3.47. The number of aromatic nitrogens is 2. The van der Waals surface area contributed by atoms with Gasteiger partial charge in [0.25, 0.3) is 11.8 Å². The van der Waals surface area contributed by atoms with E-state index in [0.29, 0.717) is 17.5 Å². The van der Waals surface area contributed by atoms with Crippen LogP contribution in [0.5, 0.6) is 11.8 Å². The smallest absolute Gasteiger partial charge is 0.254 e. The van der Waals surface area contributed by atoms with Crippen LogP contribution >= 0.6 is 0 Å². The first-order valence-electron chi connectivity index (χ1n) is 12.5. The molecule has 2 aromatic heterocycles. The highest BCUT2D eigenvalue weighted by molar-refractivity contribution is 5.12. The van der Waals surface area contributed by atoms with Gasteiger partial charge in [-0.25, -0.2) is 0 Å². The van der Waals surface area contributed by atoms with Crippen LogP contribution in [0, 0.1) is 6.92 Å². The lowest BCUT2D eigenvalue weighted by Gasteiger charge is -2.13. The molecule has 2 rings (SSSR count). The monoisotopic (exact) mass is 450 g/mol. The predicted octanol–water partition coefficient (Wildman–Crippen LogP) is 6.42. The van der Waals surface area contributed by atoms with Crippen LogP contribution in [0.1, 0.15) is 102 Å². The zero-order valence-electron chi connectivity index (χ0n) is 20.0. The van der Waals surface area contributed by atoms with E-state index in [1.54, 1.807) is 13.0 Å². The molecule has 32 heavy (non-hydrogen) atoms. The number of aryl methyl sites for hydroxylation is 2. The summed E-state index contributed by atoms with van der Waals surface area (Å²) >= 11 is 0. The van der Waals surface area contributed by atoms with Crippen molar-refractivity contribution >= 4 is 0 Å². The summed E-state index contributed by atoms with van der Waals surface area (Å²) in [7, 11) is 0. The number of hydrogen-bond donors (Lipinski definition) is 1. The molecule has 0 spiro atoms. The first kappa shape index (κ1) is 26.2. The van der Waals surface area contributed by atoms with Gasteiger partial charge < -0.3 is 23.6 Å². The average Bonchev–Trinajstić information content (AvgIpc) is 3.42. The largest absolute Gasteiger partial charge is 0.471 e. The molecule has 7 nitrogen and oxygen atoms in total. The number of rotatable bonds is 20. The minimum Gasteiger partial charge on any atom is -0.471 e. The van der Waals surface area contributed by atoms with Gasteiger partial charge in [0.2, 0.25) is 0 Å². The van der Waals surface area contributed by atoms with E-state index in [2.05, 4.69) is 17.2 Å². The number of aliphatic hydroxyl groups is 1. The van der Waals surface area contributed by atoms with E-state index < -0.39 is 6.10 Å². The Morgan fingerprint density at radius 1 is 0.812 bits per heavy atom. The van der Waals surface area contributed by atoms with E-state index in [4.69, 9.17) is 18.5 Å². The molecule has 0 amide bonds. The molecule has 1 atom stereocenters. The van der Waals surface area contributed by atoms with E-state index in [0.717, 1.165) is 18.6 Å². The van der Waals surface area contributed by atoms with E-state index in [-0.39, 0.29) is 13.2 Å². The highest BCUT2D eigenvalue weighted by atomic mass is 16.6. The molecule has 0 saturated carbocycles. The summed E-state index contributed by atoms with van der Waals surface area (Å²) in [6.07, 6.45) is 17.7. The molecule has 2 aromatic rings. The Morgan fingerprint density at radius 3 is 1.97 bits per heavy atom. The van der Waals surface area contributed by atoms with Crippen LogP contribution < -0.4 is 9.47 Å². The summed E-state index contributed by atoms with van der Waals surface area (Å²) < 4.78 is 21.4. The molecule has 0 aliphatic carbocycles.